The van der Waals surface area contributed by atoms with Crippen molar-refractivity contribution in [1.29, 1.82) is 0 Å². The SMILES string of the molecule is Clc1ccc(OCc2nc(CSc3ccccn3)no2)c(Cl)c1. The molecule has 0 spiro atoms. The normalized spacial score (nSPS) is 10.7. The average Bonchev–Trinajstić information content (AvgIpc) is 3.01. The lowest BCUT2D eigenvalue weighted by Crippen LogP contribution is -1.96. The summed E-state index contributed by atoms with van der Waals surface area (Å²) in [5.74, 6) is 2.05. The van der Waals surface area contributed by atoms with Gasteiger partial charge in [-0.05, 0) is 30.3 Å². The first-order valence-corrected chi connectivity index (χ1v) is 8.38. The Hall–Kier alpha value is -1.76. The van der Waals surface area contributed by atoms with Gasteiger partial charge >= 0.3 is 0 Å². The number of pyridine rings is 1. The molecule has 2 aromatic heterocycles. The molecule has 0 saturated carbocycles. The van der Waals surface area contributed by atoms with Gasteiger partial charge in [0.05, 0.1) is 15.8 Å². The first-order valence-electron chi connectivity index (χ1n) is 6.64. The molecular formula is C15H11Cl2N3O2S. The van der Waals surface area contributed by atoms with Gasteiger partial charge in [-0.25, -0.2) is 4.98 Å². The van der Waals surface area contributed by atoms with E-state index in [0.29, 0.717) is 33.3 Å². The van der Waals surface area contributed by atoms with Crippen molar-refractivity contribution in [1.82, 2.24) is 15.1 Å². The monoisotopic (exact) mass is 367 g/mol. The first kappa shape index (κ1) is 16.1. The lowest BCUT2D eigenvalue weighted by molar-refractivity contribution is 0.242. The summed E-state index contributed by atoms with van der Waals surface area (Å²) in [4.78, 5) is 8.49. The second-order valence-corrected chi connectivity index (χ2v) is 6.26. The van der Waals surface area contributed by atoms with Gasteiger partial charge in [0.25, 0.3) is 5.89 Å². The van der Waals surface area contributed by atoms with Crippen LogP contribution < -0.4 is 4.74 Å². The highest BCUT2D eigenvalue weighted by Crippen LogP contribution is 2.28. The summed E-state index contributed by atoms with van der Waals surface area (Å²) in [6.45, 7) is 0.141. The van der Waals surface area contributed by atoms with E-state index >= 15 is 0 Å². The summed E-state index contributed by atoms with van der Waals surface area (Å²) < 4.78 is 10.7. The maximum absolute atomic E-state index is 6.03. The number of thioether (sulfide) groups is 1. The molecular weight excluding hydrogens is 357 g/mol. The second kappa shape index (κ2) is 7.68. The topological polar surface area (TPSA) is 61.0 Å². The lowest BCUT2D eigenvalue weighted by atomic mass is 10.3. The van der Waals surface area contributed by atoms with Crippen molar-refractivity contribution >= 4 is 35.0 Å². The molecule has 23 heavy (non-hydrogen) atoms. The van der Waals surface area contributed by atoms with Crippen LogP contribution >= 0.6 is 35.0 Å². The predicted molar refractivity (Wildman–Crippen MR) is 88.9 cm³/mol. The van der Waals surface area contributed by atoms with E-state index < -0.39 is 0 Å². The van der Waals surface area contributed by atoms with Gasteiger partial charge in [0.2, 0.25) is 0 Å². The lowest BCUT2D eigenvalue weighted by Gasteiger charge is -2.05. The Labute approximate surface area is 147 Å². The number of nitrogens with zero attached hydrogens (tertiary/aromatic N) is 3. The predicted octanol–water partition coefficient (Wildman–Crippen LogP) is 4.64. The fourth-order valence-electron chi connectivity index (χ4n) is 1.71. The smallest absolute Gasteiger partial charge is 0.264 e. The van der Waals surface area contributed by atoms with E-state index in [9.17, 15) is 0 Å². The molecule has 0 saturated heterocycles. The van der Waals surface area contributed by atoms with Crippen LogP contribution in [0.15, 0.2) is 52.1 Å². The molecule has 0 radical (unpaired) electrons. The Morgan fingerprint density at radius 3 is 2.87 bits per heavy atom. The van der Waals surface area contributed by atoms with Crippen LogP contribution in [-0.4, -0.2) is 15.1 Å². The van der Waals surface area contributed by atoms with Crippen molar-refractivity contribution < 1.29 is 9.26 Å². The highest BCUT2D eigenvalue weighted by molar-refractivity contribution is 7.98. The minimum absolute atomic E-state index is 0.141. The number of ether oxygens (including phenoxy) is 1. The summed E-state index contributed by atoms with van der Waals surface area (Å²) in [7, 11) is 0. The minimum atomic E-state index is 0.141. The molecule has 0 unspecified atom stereocenters. The van der Waals surface area contributed by atoms with E-state index in [2.05, 4.69) is 15.1 Å². The van der Waals surface area contributed by atoms with Gasteiger partial charge in [-0.2, -0.15) is 4.98 Å². The molecule has 0 N–H and O–H groups in total. The van der Waals surface area contributed by atoms with E-state index in [1.165, 1.54) is 11.8 Å². The fraction of sp³-hybridized carbons (Fsp3) is 0.133. The van der Waals surface area contributed by atoms with Gasteiger partial charge in [-0.3, -0.25) is 0 Å². The molecule has 0 fully saturated rings. The zero-order chi connectivity index (χ0) is 16.1. The van der Waals surface area contributed by atoms with E-state index in [0.717, 1.165) is 5.03 Å². The fourth-order valence-corrected chi connectivity index (χ4v) is 2.88. The molecule has 2 heterocycles. The molecule has 1 aromatic carbocycles. The molecule has 0 bridgehead atoms. The molecule has 0 aliphatic carbocycles. The van der Waals surface area contributed by atoms with Crippen LogP contribution in [0.3, 0.4) is 0 Å². The van der Waals surface area contributed by atoms with E-state index in [-0.39, 0.29) is 6.61 Å². The molecule has 5 nitrogen and oxygen atoms in total. The van der Waals surface area contributed by atoms with Gasteiger partial charge in [-0.15, -0.1) is 0 Å². The summed E-state index contributed by atoms with van der Waals surface area (Å²) in [6.07, 6.45) is 1.74. The molecule has 118 valence electrons. The maximum Gasteiger partial charge on any atom is 0.264 e. The number of halogens is 2. The van der Waals surface area contributed by atoms with Crippen molar-refractivity contribution in [3.63, 3.8) is 0 Å². The number of hydrogen-bond acceptors (Lipinski definition) is 6. The van der Waals surface area contributed by atoms with Gasteiger partial charge in [0, 0.05) is 11.2 Å². The quantitative estimate of drug-likeness (QED) is 0.591. The summed E-state index contributed by atoms with van der Waals surface area (Å²) >= 11 is 13.4. The highest BCUT2D eigenvalue weighted by Gasteiger charge is 2.09. The zero-order valence-corrected chi connectivity index (χ0v) is 14.1. The maximum atomic E-state index is 6.03. The Kier molecular flexibility index (Phi) is 5.38. The van der Waals surface area contributed by atoms with Crippen LogP contribution in [-0.2, 0) is 12.4 Å². The van der Waals surface area contributed by atoms with Crippen LogP contribution in [0, 0.1) is 0 Å². The Bertz CT molecular complexity index is 783. The van der Waals surface area contributed by atoms with Crippen LogP contribution in [0.25, 0.3) is 0 Å². The van der Waals surface area contributed by atoms with E-state index in [1.807, 2.05) is 18.2 Å². The highest BCUT2D eigenvalue weighted by atomic mass is 35.5. The van der Waals surface area contributed by atoms with E-state index in [4.69, 9.17) is 32.5 Å². The molecule has 0 aliphatic heterocycles. The number of rotatable bonds is 6. The number of hydrogen-bond donors (Lipinski definition) is 0. The van der Waals surface area contributed by atoms with Crippen molar-refractivity contribution in [2.45, 2.75) is 17.4 Å². The van der Waals surface area contributed by atoms with Crippen molar-refractivity contribution in [2.24, 2.45) is 0 Å². The number of aromatic nitrogens is 3. The Balaban J connectivity index is 1.55. The third-order valence-corrected chi connectivity index (χ3v) is 4.21. The molecule has 0 aliphatic rings. The number of benzene rings is 1. The summed E-state index contributed by atoms with van der Waals surface area (Å²) in [5.41, 5.74) is 0. The largest absolute Gasteiger partial charge is 0.482 e. The second-order valence-electron chi connectivity index (χ2n) is 4.42. The van der Waals surface area contributed by atoms with Crippen LogP contribution in [0.4, 0.5) is 0 Å². The molecule has 0 atom stereocenters. The Morgan fingerprint density at radius 2 is 2.09 bits per heavy atom. The summed E-state index contributed by atoms with van der Waals surface area (Å²) in [5, 5.41) is 5.80. The zero-order valence-electron chi connectivity index (χ0n) is 11.8. The van der Waals surface area contributed by atoms with Crippen molar-refractivity contribution in [3.05, 3.63) is 64.4 Å². The Morgan fingerprint density at radius 1 is 1.17 bits per heavy atom. The third kappa shape index (κ3) is 4.60. The van der Waals surface area contributed by atoms with Crippen molar-refractivity contribution in [3.8, 4) is 5.75 Å². The molecule has 3 rings (SSSR count). The van der Waals surface area contributed by atoms with Crippen molar-refractivity contribution in [2.75, 3.05) is 0 Å². The summed E-state index contributed by atoms with van der Waals surface area (Å²) in [6, 6.07) is 10.7. The third-order valence-electron chi connectivity index (χ3n) is 2.74. The van der Waals surface area contributed by atoms with Gasteiger partial charge in [0.1, 0.15) is 5.75 Å². The standard InChI is InChI=1S/C15H11Cl2N3O2S/c16-10-4-5-12(11(17)7-10)21-8-14-19-13(20-22-14)9-23-15-3-1-2-6-18-15/h1-7H,8-9H2. The van der Waals surface area contributed by atoms with Gasteiger partial charge < -0.3 is 9.26 Å². The van der Waals surface area contributed by atoms with Gasteiger partial charge in [-0.1, -0.05) is 46.2 Å². The first-order chi connectivity index (χ1) is 11.2. The molecule has 3 aromatic rings. The molecule has 8 heteroatoms. The average molecular weight is 368 g/mol. The van der Waals surface area contributed by atoms with Crippen LogP contribution in [0.2, 0.25) is 10.0 Å². The van der Waals surface area contributed by atoms with E-state index in [1.54, 1.807) is 24.4 Å². The van der Waals surface area contributed by atoms with Crippen LogP contribution in [0.5, 0.6) is 5.75 Å². The van der Waals surface area contributed by atoms with Gasteiger partial charge in [0.15, 0.2) is 12.4 Å². The minimum Gasteiger partial charge on any atom is -0.482 e. The van der Waals surface area contributed by atoms with Crippen LogP contribution in [0.1, 0.15) is 11.7 Å². The molecule has 0 amide bonds.